The fraction of sp³-hybridized carbons (Fsp3) is 0.235. The molecule has 1 amide bonds. The quantitative estimate of drug-likeness (QED) is 0.605. The lowest BCUT2D eigenvalue weighted by Gasteiger charge is -2.06. The van der Waals surface area contributed by atoms with E-state index < -0.39 is 0 Å². The van der Waals surface area contributed by atoms with Gasteiger partial charge in [-0.1, -0.05) is 0 Å². The number of anilines is 1. The lowest BCUT2D eigenvalue weighted by Crippen LogP contribution is -2.19. The molecule has 0 saturated heterocycles. The molecule has 0 fully saturated rings. The van der Waals surface area contributed by atoms with Crippen molar-refractivity contribution in [2.75, 3.05) is 5.32 Å². The van der Waals surface area contributed by atoms with Crippen LogP contribution in [0.3, 0.4) is 0 Å². The van der Waals surface area contributed by atoms with E-state index in [0.717, 1.165) is 26.4 Å². The summed E-state index contributed by atoms with van der Waals surface area (Å²) in [7, 11) is 1.85. The van der Waals surface area contributed by atoms with Gasteiger partial charge >= 0.3 is 0 Å². The number of carbonyl (C=O) groups is 1. The smallest absolute Gasteiger partial charge is 0.246 e. The molecule has 0 aliphatic heterocycles. The zero-order valence-electron chi connectivity index (χ0n) is 14.2. The molecule has 0 unspecified atom stereocenters. The topological polar surface area (TPSA) is 74.0 Å². The molecule has 0 saturated carbocycles. The number of rotatable bonds is 5. The van der Waals surface area contributed by atoms with Crippen molar-refractivity contribution in [3.05, 3.63) is 51.6 Å². The molecule has 0 atom stereocenters. The maximum Gasteiger partial charge on any atom is 0.246 e. The van der Waals surface area contributed by atoms with Gasteiger partial charge in [-0.2, -0.15) is 10.2 Å². The van der Waals surface area contributed by atoms with E-state index in [2.05, 4.69) is 38.1 Å². The van der Waals surface area contributed by atoms with E-state index in [1.807, 2.05) is 45.2 Å². The summed E-state index contributed by atoms with van der Waals surface area (Å²) >= 11 is 2.24. The first-order valence-electron chi connectivity index (χ1n) is 7.68. The van der Waals surface area contributed by atoms with Crippen molar-refractivity contribution in [2.24, 2.45) is 7.05 Å². The molecule has 0 aliphatic carbocycles. The molecule has 0 radical (unpaired) electrons. The van der Waals surface area contributed by atoms with Crippen molar-refractivity contribution in [3.8, 4) is 11.5 Å². The van der Waals surface area contributed by atoms with Gasteiger partial charge in [0.25, 0.3) is 0 Å². The summed E-state index contributed by atoms with van der Waals surface area (Å²) in [5, 5.41) is 11.3. The largest absolute Gasteiger partial charge is 0.454 e. The van der Waals surface area contributed by atoms with Crippen LogP contribution in [0, 0.1) is 17.4 Å². The van der Waals surface area contributed by atoms with Crippen LogP contribution in [-0.4, -0.2) is 25.5 Å². The van der Waals surface area contributed by atoms with Crippen LogP contribution in [0.15, 0.2) is 36.7 Å². The van der Waals surface area contributed by atoms with E-state index >= 15 is 0 Å². The van der Waals surface area contributed by atoms with Gasteiger partial charge < -0.3 is 10.1 Å². The molecule has 1 aromatic carbocycles. The number of nitrogens with zero attached hydrogens (tertiary/aromatic N) is 4. The molecular formula is C17H18IN5O2. The van der Waals surface area contributed by atoms with Crippen LogP contribution in [-0.2, 0) is 18.4 Å². The van der Waals surface area contributed by atoms with Gasteiger partial charge in [-0.15, -0.1) is 0 Å². The number of hydrogen-bond donors (Lipinski definition) is 1. The second-order valence-corrected chi connectivity index (χ2v) is 6.89. The van der Waals surface area contributed by atoms with Gasteiger partial charge in [0.1, 0.15) is 12.3 Å². The van der Waals surface area contributed by atoms with Crippen LogP contribution in [0.5, 0.6) is 11.5 Å². The van der Waals surface area contributed by atoms with E-state index in [1.54, 1.807) is 21.8 Å². The molecule has 0 spiro atoms. The Kier molecular flexibility index (Phi) is 5.07. The minimum Gasteiger partial charge on any atom is -0.454 e. The standard InChI is InChI=1S/C17H18IN5O2/c1-11-17(12(2)22(3)21-11)20-16(24)10-23-9-15(8-19-23)25-14-6-4-13(18)5-7-14/h4-9H,10H2,1-3H3,(H,20,24). The van der Waals surface area contributed by atoms with Crippen LogP contribution in [0.4, 0.5) is 5.69 Å². The molecule has 2 aromatic heterocycles. The molecule has 2 heterocycles. The van der Waals surface area contributed by atoms with Gasteiger partial charge in [0.05, 0.1) is 29.5 Å². The maximum atomic E-state index is 12.2. The number of nitrogens with one attached hydrogen (secondary N) is 1. The van der Waals surface area contributed by atoms with Gasteiger partial charge in [0, 0.05) is 10.6 Å². The number of amides is 1. The minimum atomic E-state index is -0.164. The fourth-order valence-corrected chi connectivity index (χ4v) is 2.76. The summed E-state index contributed by atoms with van der Waals surface area (Å²) in [4.78, 5) is 12.2. The molecule has 7 nitrogen and oxygen atoms in total. The number of benzene rings is 1. The average Bonchev–Trinajstić information content (AvgIpc) is 3.09. The predicted molar refractivity (Wildman–Crippen MR) is 103 cm³/mol. The first kappa shape index (κ1) is 17.5. The summed E-state index contributed by atoms with van der Waals surface area (Å²) in [5.41, 5.74) is 2.45. The minimum absolute atomic E-state index is 0.101. The SMILES string of the molecule is Cc1nn(C)c(C)c1NC(=O)Cn1cc(Oc2ccc(I)cc2)cn1. The Hall–Kier alpha value is -2.36. The maximum absolute atomic E-state index is 12.2. The first-order chi connectivity index (χ1) is 11.9. The Labute approximate surface area is 159 Å². The Morgan fingerprint density at radius 3 is 2.60 bits per heavy atom. The molecule has 3 rings (SSSR count). The Morgan fingerprint density at radius 2 is 1.96 bits per heavy atom. The van der Waals surface area contributed by atoms with Gasteiger partial charge in [-0.25, -0.2) is 0 Å². The molecule has 3 aromatic rings. The normalized spacial score (nSPS) is 10.7. The number of ether oxygens (including phenoxy) is 1. The fourth-order valence-electron chi connectivity index (χ4n) is 2.40. The highest BCUT2D eigenvalue weighted by atomic mass is 127. The first-order valence-corrected chi connectivity index (χ1v) is 8.76. The van der Waals surface area contributed by atoms with Crippen molar-refractivity contribution < 1.29 is 9.53 Å². The highest BCUT2D eigenvalue weighted by Gasteiger charge is 2.13. The van der Waals surface area contributed by atoms with E-state index in [9.17, 15) is 4.79 Å². The molecular weight excluding hydrogens is 433 g/mol. The van der Waals surface area contributed by atoms with Crippen LogP contribution in [0.25, 0.3) is 0 Å². The van der Waals surface area contributed by atoms with Gasteiger partial charge in [0.2, 0.25) is 5.91 Å². The monoisotopic (exact) mass is 451 g/mol. The van der Waals surface area contributed by atoms with E-state index in [4.69, 9.17) is 4.74 Å². The van der Waals surface area contributed by atoms with Crippen LogP contribution in [0.2, 0.25) is 0 Å². The third-order valence-corrected chi connectivity index (χ3v) is 4.46. The molecule has 0 bridgehead atoms. The summed E-state index contributed by atoms with van der Waals surface area (Å²) in [6.45, 7) is 3.88. The Balaban J connectivity index is 1.62. The van der Waals surface area contributed by atoms with E-state index in [1.165, 1.54) is 0 Å². The number of aromatic nitrogens is 4. The highest BCUT2D eigenvalue weighted by Crippen LogP contribution is 2.22. The molecule has 25 heavy (non-hydrogen) atoms. The van der Waals surface area contributed by atoms with Crippen molar-refractivity contribution in [3.63, 3.8) is 0 Å². The molecule has 130 valence electrons. The highest BCUT2D eigenvalue weighted by molar-refractivity contribution is 14.1. The number of aryl methyl sites for hydroxylation is 2. The van der Waals surface area contributed by atoms with Crippen molar-refractivity contribution >= 4 is 34.2 Å². The Bertz CT molecular complexity index is 898. The second-order valence-electron chi connectivity index (χ2n) is 5.65. The van der Waals surface area contributed by atoms with Crippen molar-refractivity contribution in [1.29, 1.82) is 0 Å². The van der Waals surface area contributed by atoms with Gasteiger partial charge in [-0.05, 0) is 60.7 Å². The van der Waals surface area contributed by atoms with Crippen LogP contribution >= 0.6 is 22.6 Å². The summed E-state index contributed by atoms with van der Waals surface area (Å²) in [6.07, 6.45) is 3.28. The van der Waals surface area contributed by atoms with Gasteiger partial charge in [-0.3, -0.25) is 14.2 Å². The lowest BCUT2D eigenvalue weighted by atomic mass is 10.3. The lowest BCUT2D eigenvalue weighted by molar-refractivity contribution is -0.116. The third kappa shape index (κ3) is 4.19. The van der Waals surface area contributed by atoms with Crippen molar-refractivity contribution in [2.45, 2.75) is 20.4 Å². The zero-order chi connectivity index (χ0) is 18.0. The number of halogens is 1. The number of carbonyl (C=O) groups excluding carboxylic acids is 1. The third-order valence-electron chi connectivity index (χ3n) is 3.74. The van der Waals surface area contributed by atoms with Crippen LogP contribution < -0.4 is 10.1 Å². The van der Waals surface area contributed by atoms with Crippen LogP contribution in [0.1, 0.15) is 11.4 Å². The summed E-state index contributed by atoms with van der Waals surface area (Å²) < 4.78 is 10.1. The average molecular weight is 451 g/mol. The second kappa shape index (κ2) is 7.26. The van der Waals surface area contributed by atoms with E-state index in [-0.39, 0.29) is 12.5 Å². The zero-order valence-corrected chi connectivity index (χ0v) is 16.3. The molecule has 0 aliphatic rings. The number of hydrogen-bond acceptors (Lipinski definition) is 4. The van der Waals surface area contributed by atoms with Crippen molar-refractivity contribution in [1.82, 2.24) is 19.6 Å². The van der Waals surface area contributed by atoms with E-state index in [0.29, 0.717) is 5.75 Å². The molecule has 1 N–H and O–H groups in total. The summed E-state index contributed by atoms with van der Waals surface area (Å²) in [5.74, 6) is 1.15. The Morgan fingerprint density at radius 1 is 1.24 bits per heavy atom. The predicted octanol–water partition coefficient (Wildman–Crippen LogP) is 3.27. The summed E-state index contributed by atoms with van der Waals surface area (Å²) in [6, 6.07) is 7.71. The molecule has 8 heteroatoms. The van der Waals surface area contributed by atoms with Gasteiger partial charge in [0.15, 0.2) is 5.75 Å².